The fraction of sp³-hybridized carbons (Fsp3) is 0.433. The molecule has 2 heterocycles. The Morgan fingerprint density at radius 2 is 1.21 bits per heavy atom. The number of amides is 2. The second kappa shape index (κ2) is 14.7. The van der Waals surface area contributed by atoms with E-state index in [0.717, 1.165) is 30.2 Å². The number of ketones is 2. The summed E-state index contributed by atoms with van der Waals surface area (Å²) in [5, 5.41) is 23.8. The maximum absolute atomic E-state index is 13.3. The number of nitrogens with zero attached hydrogens (tertiary/aromatic N) is 4. The van der Waals surface area contributed by atoms with E-state index < -0.39 is 69.0 Å². The van der Waals surface area contributed by atoms with E-state index in [4.69, 9.17) is 18.9 Å². The van der Waals surface area contributed by atoms with E-state index in [0.29, 0.717) is 0 Å². The Balaban J connectivity index is 1.47. The SMILES string of the molecule is COC(=O)[C@@H]1CC(=O)CN1C(=O)c1cc(OC)c(OCCCOc2cc([N+](=O)[O-])c(C(=O)N3CC(=O)C[C@H]3C)cc2OC)cc1[N+](=O)[O-]. The van der Waals surface area contributed by atoms with Crippen molar-refractivity contribution in [2.75, 3.05) is 47.6 Å². The molecule has 0 radical (unpaired) electrons. The third-order valence-electron chi connectivity index (χ3n) is 7.76. The molecule has 4 rings (SSSR count). The van der Waals surface area contributed by atoms with Crippen LogP contribution in [0.25, 0.3) is 0 Å². The van der Waals surface area contributed by atoms with Crippen LogP contribution in [-0.2, 0) is 19.1 Å². The molecule has 256 valence electrons. The number of methoxy groups -OCH3 is 3. The zero-order chi connectivity index (χ0) is 35.3. The summed E-state index contributed by atoms with van der Waals surface area (Å²) in [6.45, 7) is 0.930. The number of benzene rings is 2. The third-order valence-corrected chi connectivity index (χ3v) is 7.76. The van der Waals surface area contributed by atoms with Crippen LogP contribution in [0.3, 0.4) is 0 Å². The zero-order valence-corrected chi connectivity index (χ0v) is 26.4. The Hall–Kier alpha value is -5.81. The predicted molar refractivity (Wildman–Crippen MR) is 161 cm³/mol. The normalized spacial score (nSPS) is 17.2. The molecule has 2 aliphatic heterocycles. The molecule has 18 heteroatoms. The first-order chi connectivity index (χ1) is 22.8. The first-order valence-corrected chi connectivity index (χ1v) is 14.5. The molecule has 2 aliphatic rings. The van der Waals surface area contributed by atoms with Gasteiger partial charge in [-0.2, -0.15) is 0 Å². The van der Waals surface area contributed by atoms with Crippen molar-refractivity contribution >= 4 is 40.7 Å². The minimum atomic E-state index is -1.23. The number of likely N-dealkylation sites (tertiary alicyclic amines) is 2. The molecular weight excluding hydrogens is 640 g/mol. The van der Waals surface area contributed by atoms with Crippen LogP contribution in [-0.4, -0.2) is 109 Å². The molecule has 0 aliphatic carbocycles. The maximum Gasteiger partial charge on any atom is 0.329 e. The van der Waals surface area contributed by atoms with Crippen LogP contribution in [0, 0.1) is 20.2 Å². The maximum atomic E-state index is 13.3. The largest absolute Gasteiger partial charge is 0.493 e. The average Bonchev–Trinajstić information content (AvgIpc) is 3.62. The van der Waals surface area contributed by atoms with Gasteiger partial charge < -0.3 is 33.5 Å². The smallest absolute Gasteiger partial charge is 0.329 e. The highest BCUT2D eigenvalue weighted by Gasteiger charge is 2.42. The van der Waals surface area contributed by atoms with Crippen molar-refractivity contribution < 1.29 is 57.5 Å². The van der Waals surface area contributed by atoms with Crippen LogP contribution in [0.4, 0.5) is 11.4 Å². The molecule has 0 unspecified atom stereocenters. The van der Waals surface area contributed by atoms with Crippen molar-refractivity contribution in [2.45, 2.75) is 38.3 Å². The molecule has 2 aromatic carbocycles. The van der Waals surface area contributed by atoms with Crippen molar-refractivity contribution in [2.24, 2.45) is 0 Å². The van der Waals surface area contributed by atoms with Crippen LogP contribution in [0.1, 0.15) is 46.9 Å². The summed E-state index contributed by atoms with van der Waals surface area (Å²) in [5.41, 5.74) is -1.89. The quantitative estimate of drug-likeness (QED) is 0.129. The summed E-state index contributed by atoms with van der Waals surface area (Å²) in [4.78, 5) is 86.8. The van der Waals surface area contributed by atoms with E-state index in [2.05, 4.69) is 4.74 Å². The molecule has 0 spiro atoms. The summed E-state index contributed by atoms with van der Waals surface area (Å²) in [5.74, 6) is -3.17. The minimum Gasteiger partial charge on any atom is -0.493 e. The van der Waals surface area contributed by atoms with Crippen molar-refractivity contribution in [3.63, 3.8) is 0 Å². The summed E-state index contributed by atoms with van der Waals surface area (Å²) < 4.78 is 26.6. The van der Waals surface area contributed by atoms with E-state index in [1.165, 1.54) is 25.2 Å². The van der Waals surface area contributed by atoms with Crippen LogP contribution in [0.2, 0.25) is 0 Å². The molecule has 48 heavy (non-hydrogen) atoms. The van der Waals surface area contributed by atoms with Crippen LogP contribution in [0.15, 0.2) is 24.3 Å². The van der Waals surface area contributed by atoms with Gasteiger partial charge in [-0.15, -0.1) is 0 Å². The van der Waals surface area contributed by atoms with Gasteiger partial charge in [-0.25, -0.2) is 4.79 Å². The summed E-state index contributed by atoms with van der Waals surface area (Å²) in [6, 6.07) is 2.64. The van der Waals surface area contributed by atoms with Gasteiger partial charge in [-0.1, -0.05) is 0 Å². The second-order valence-corrected chi connectivity index (χ2v) is 10.8. The van der Waals surface area contributed by atoms with E-state index in [9.17, 15) is 44.2 Å². The lowest BCUT2D eigenvalue weighted by atomic mass is 10.1. The van der Waals surface area contributed by atoms with Gasteiger partial charge in [0.1, 0.15) is 17.2 Å². The van der Waals surface area contributed by atoms with Gasteiger partial charge in [0, 0.05) is 37.4 Å². The molecule has 0 bridgehead atoms. The molecule has 18 nitrogen and oxygen atoms in total. The minimum absolute atomic E-state index is 0.0342. The van der Waals surface area contributed by atoms with Crippen molar-refractivity contribution in [3.05, 3.63) is 55.6 Å². The number of esters is 1. The number of carbonyl (C=O) groups is 5. The highest BCUT2D eigenvalue weighted by molar-refractivity contribution is 6.05. The molecule has 0 saturated carbocycles. The predicted octanol–water partition coefficient (Wildman–Crippen LogP) is 2.13. The van der Waals surface area contributed by atoms with Crippen LogP contribution in [0.5, 0.6) is 23.0 Å². The number of hydrogen-bond acceptors (Lipinski definition) is 14. The number of carbonyl (C=O) groups excluding carboxylic acids is 5. The van der Waals surface area contributed by atoms with Gasteiger partial charge in [0.25, 0.3) is 23.2 Å². The first kappa shape index (κ1) is 35.1. The van der Waals surface area contributed by atoms with Crippen molar-refractivity contribution in [1.82, 2.24) is 9.80 Å². The molecule has 0 N–H and O–H groups in total. The Labute approximate surface area is 272 Å². The Bertz CT molecular complexity index is 1680. The van der Waals surface area contributed by atoms with Crippen molar-refractivity contribution in [1.29, 1.82) is 0 Å². The van der Waals surface area contributed by atoms with Gasteiger partial charge in [0.15, 0.2) is 34.6 Å². The molecule has 2 saturated heterocycles. The van der Waals surface area contributed by atoms with E-state index >= 15 is 0 Å². The number of rotatable bonds is 13. The van der Waals surface area contributed by atoms with Gasteiger partial charge >= 0.3 is 5.97 Å². The number of Topliss-reactive ketones (excluding diaryl/α,β-unsaturated/α-hetero) is 2. The van der Waals surface area contributed by atoms with E-state index in [-0.39, 0.29) is 73.4 Å². The molecule has 2 fully saturated rings. The van der Waals surface area contributed by atoms with Crippen molar-refractivity contribution in [3.8, 4) is 23.0 Å². The molecular formula is C30H32N4O14. The van der Waals surface area contributed by atoms with Crippen LogP contribution < -0.4 is 18.9 Å². The standard InChI is InChI=1S/C30H32N4O14/c1-16-8-17(35)14-31(16)28(37)19-10-24(44-2)26(12-21(19)33(40)41)47-6-5-7-48-27-13-22(34(42)43)20(11-25(27)45-3)29(38)32-15-18(36)9-23(32)30(39)46-4/h10-13,16,23H,5-9,14-15H2,1-4H3/t16-,23+/m1/s1. The summed E-state index contributed by atoms with van der Waals surface area (Å²) in [7, 11) is 3.63. The van der Waals surface area contributed by atoms with Gasteiger partial charge in [-0.3, -0.25) is 39.4 Å². The fourth-order valence-corrected chi connectivity index (χ4v) is 5.39. The van der Waals surface area contributed by atoms with E-state index in [1.807, 2.05) is 0 Å². The lowest BCUT2D eigenvalue weighted by molar-refractivity contribution is -0.385. The average molecular weight is 673 g/mol. The monoisotopic (exact) mass is 672 g/mol. The van der Waals surface area contributed by atoms with Gasteiger partial charge in [0.2, 0.25) is 0 Å². The van der Waals surface area contributed by atoms with Gasteiger partial charge in [0.05, 0.1) is 69.6 Å². The van der Waals surface area contributed by atoms with Crippen LogP contribution >= 0.6 is 0 Å². The number of nitro benzene ring substituents is 2. The Morgan fingerprint density at radius 1 is 0.750 bits per heavy atom. The van der Waals surface area contributed by atoms with Gasteiger partial charge in [-0.05, 0) is 6.92 Å². The summed E-state index contributed by atoms with van der Waals surface area (Å²) >= 11 is 0. The highest BCUT2D eigenvalue weighted by Crippen LogP contribution is 2.38. The first-order valence-electron chi connectivity index (χ1n) is 14.5. The molecule has 2 atom stereocenters. The number of ether oxygens (including phenoxy) is 5. The highest BCUT2D eigenvalue weighted by atomic mass is 16.6. The Morgan fingerprint density at radius 3 is 1.62 bits per heavy atom. The fourth-order valence-electron chi connectivity index (χ4n) is 5.39. The lowest BCUT2D eigenvalue weighted by Gasteiger charge is -2.22. The van der Waals surface area contributed by atoms with E-state index in [1.54, 1.807) is 6.92 Å². The third kappa shape index (κ3) is 7.26. The molecule has 2 amide bonds. The number of nitro groups is 2. The summed E-state index contributed by atoms with van der Waals surface area (Å²) in [6.07, 6.45) is 0.0210. The second-order valence-electron chi connectivity index (χ2n) is 10.8. The topological polar surface area (TPSA) is 224 Å². The zero-order valence-electron chi connectivity index (χ0n) is 26.4. The molecule has 2 aromatic rings. The molecule has 0 aromatic heterocycles. The lowest BCUT2D eigenvalue weighted by Crippen LogP contribution is -2.41. The Kier molecular flexibility index (Phi) is 10.8. The number of hydrogen-bond donors (Lipinski definition) is 0.